The third kappa shape index (κ3) is 8.87. The zero-order valence-electron chi connectivity index (χ0n) is 16.6. The van der Waals surface area contributed by atoms with Crippen LogP contribution in [-0.4, -0.2) is 50.4 Å². The quantitative estimate of drug-likeness (QED) is 0.377. The Morgan fingerprint density at radius 1 is 0.655 bits per heavy atom. The van der Waals surface area contributed by atoms with E-state index in [2.05, 4.69) is 11.5 Å². The van der Waals surface area contributed by atoms with E-state index in [1.54, 1.807) is 0 Å². The van der Waals surface area contributed by atoms with Gasteiger partial charge in [-0.3, -0.25) is 0 Å². The molecule has 0 fully saturated rings. The molecule has 0 saturated carbocycles. The summed E-state index contributed by atoms with van der Waals surface area (Å²) in [6.07, 6.45) is 1.07. The van der Waals surface area contributed by atoms with Crippen molar-refractivity contribution in [2.75, 3.05) is 26.4 Å². The Morgan fingerprint density at radius 2 is 1.03 bits per heavy atom. The number of hydrogen-bond acceptors (Lipinski definition) is 5. The largest absolute Gasteiger partial charge is 0.459 e. The Hall–Kier alpha value is -2.74. The van der Waals surface area contributed by atoms with Crippen LogP contribution in [0.25, 0.3) is 0 Å². The summed E-state index contributed by atoms with van der Waals surface area (Å²) in [5, 5.41) is 0. The minimum Gasteiger partial charge on any atom is -0.459 e. The molecular formula is C22H30N2O5+2. The molecule has 0 aliphatic rings. The fourth-order valence-electron chi connectivity index (χ4n) is 2.70. The number of ether oxygens (including phenoxy) is 3. The average Bonchev–Trinajstić information content (AvgIpc) is 2.74. The highest BCUT2D eigenvalue weighted by molar-refractivity contribution is 5.74. The van der Waals surface area contributed by atoms with Gasteiger partial charge in [0.2, 0.25) is 0 Å². The molecule has 7 heteroatoms. The summed E-state index contributed by atoms with van der Waals surface area (Å²) in [5.74, 6) is -0.714. The predicted octanol–water partition coefficient (Wildman–Crippen LogP) is -0.204. The number of carbonyl (C=O) groups excluding carboxylic acids is 2. The van der Waals surface area contributed by atoms with Crippen LogP contribution < -0.4 is 11.5 Å². The minimum absolute atomic E-state index is 0.138. The van der Waals surface area contributed by atoms with Crippen LogP contribution in [0.15, 0.2) is 60.7 Å². The summed E-state index contributed by atoms with van der Waals surface area (Å²) in [5.41, 5.74) is 9.78. The van der Waals surface area contributed by atoms with Gasteiger partial charge in [0.05, 0.1) is 13.2 Å². The van der Waals surface area contributed by atoms with Crippen molar-refractivity contribution in [2.45, 2.75) is 24.9 Å². The number of carbonyl (C=O) groups is 2. The van der Waals surface area contributed by atoms with E-state index in [4.69, 9.17) is 14.2 Å². The first-order valence-corrected chi connectivity index (χ1v) is 9.71. The smallest absolute Gasteiger partial charge is 0.365 e. The zero-order valence-corrected chi connectivity index (χ0v) is 16.6. The van der Waals surface area contributed by atoms with Gasteiger partial charge in [-0.25, -0.2) is 9.59 Å². The van der Waals surface area contributed by atoms with Gasteiger partial charge in [0.15, 0.2) is 12.1 Å². The second-order valence-electron chi connectivity index (χ2n) is 6.72. The summed E-state index contributed by atoms with van der Waals surface area (Å²) in [6.45, 7) is 0.747. The molecule has 0 aliphatic carbocycles. The highest BCUT2D eigenvalue weighted by atomic mass is 16.6. The Balaban J connectivity index is 1.51. The lowest BCUT2D eigenvalue weighted by molar-refractivity contribution is -0.408. The molecule has 6 N–H and O–H groups in total. The lowest BCUT2D eigenvalue weighted by Gasteiger charge is -2.11. The monoisotopic (exact) mass is 402 g/mol. The van der Waals surface area contributed by atoms with Crippen molar-refractivity contribution >= 4 is 11.9 Å². The van der Waals surface area contributed by atoms with E-state index >= 15 is 0 Å². The first kappa shape index (κ1) is 22.5. The summed E-state index contributed by atoms with van der Waals surface area (Å²) < 4.78 is 15.7. The molecule has 2 aromatic carbocycles. The van der Waals surface area contributed by atoms with Gasteiger partial charge in [-0.2, -0.15) is 0 Å². The molecular weight excluding hydrogens is 372 g/mol. The van der Waals surface area contributed by atoms with E-state index in [0.29, 0.717) is 12.8 Å². The number of benzene rings is 2. The lowest BCUT2D eigenvalue weighted by atomic mass is 10.1. The number of rotatable bonds is 12. The van der Waals surface area contributed by atoms with Gasteiger partial charge in [-0.05, 0) is 11.1 Å². The second-order valence-corrected chi connectivity index (χ2v) is 6.72. The van der Waals surface area contributed by atoms with Gasteiger partial charge < -0.3 is 25.7 Å². The van der Waals surface area contributed by atoms with Gasteiger partial charge in [0, 0.05) is 12.8 Å². The highest BCUT2D eigenvalue weighted by Gasteiger charge is 2.20. The maximum Gasteiger partial charge on any atom is 0.365 e. The van der Waals surface area contributed by atoms with Gasteiger partial charge in [0.25, 0.3) is 0 Å². The van der Waals surface area contributed by atoms with Gasteiger partial charge >= 0.3 is 11.9 Å². The SMILES string of the molecule is [NH3+]C(Cc1ccccc1)C(=O)OCCOCCOC(=O)C([NH3+])Cc1ccccc1. The molecule has 2 aromatic rings. The van der Waals surface area contributed by atoms with Crippen molar-refractivity contribution < 1.29 is 35.3 Å². The number of hydrogen-bond donors (Lipinski definition) is 2. The molecule has 0 aliphatic heterocycles. The fourth-order valence-corrected chi connectivity index (χ4v) is 2.70. The Morgan fingerprint density at radius 3 is 1.41 bits per heavy atom. The maximum absolute atomic E-state index is 11.9. The predicted molar refractivity (Wildman–Crippen MR) is 106 cm³/mol. The molecule has 2 atom stereocenters. The third-order valence-corrected chi connectivity index (χ3v) is 4.26. The van der Waals surface area contributed by atoms with Crippen LogP contribution in [0, 0.1) is 0 Å². The molecule has 29 heavy (non-hydrogen) atoms. The summed E-state index contributed by atoms with van der Waals surface area (Å²) in [7, 11) is 0. The van der Waals surface area contributed by atoms with Crippen LogP contribution >= 0.6 is 0 Å². The first-order chi connectivity index (χ1) is 14.1. The van der Waals surface area contributed by atoms with Crippen molar-refractivity contribution in [3.8, 4) is 0 Å². The molecule has 0 heterocycles. The molecule has 0 saturated heterocycles. The molecule has 2 rings (SSSR count). The van der Waals surface area contributed by atoms with Crippen LogP contribution in [0.4, 0.5) is 0 Å². The normalized spacial score (nSPS) is 12.8. The molecule has 0 aromatic heterocycles. The minimum atomic E-state index is -0.461. The number of esters is 2. The van der Waals surface area contributed by atoms with E-state index in [-0.39, 0.29) is 38.4 Å². The molecule has 156 valence electrons. The van der Waals surface area contributed by atoms with Crippen LogP contribution in [0.1, 0.15) is 11.1 Å². The molecule has 0 bridgehead atoms. The highest BCUT2D eigenvalue weighted by Crippen LogP contribution is 2.03. The fraction of sp³-hybridized carbons (Fsp3) is 0.364. The average molecular weight is 402 g/mol. The topological polar surface area (TPSA) is 117 Å². The van der Waals surface area contributed by atoms with E-state index in [9.17, 15) is 9.59 Å². The Labute approximate surface area is 170 Å². The van der Waals surface area contributed by atoms with Crippen LogP contribution in [0.3, 0.4) is 0 Å². The molecule has 2 unspecified atom stereocenters. The lowest BCUT2D eigenvalue weighted by Crippen LogP contribution is -2.66. The van der Waals surface area contributed by atoms with Gasteiger partial charge in [-0.1, -0.05) is 60.7 Å². The second kappa shape index (κ2) is 12.7. The standard InChI is InChI=1S/C22H28N2O5/c23-19(15-17-7-3-1-4-8-17)21(25)28-13-11-27-12-14-29-22(26)20(24)16-18-9-5-2-6-10-18/h1-10,19-20H,11-16,23-24H2/p+2. The van der Waals surface area contributed by atoms with Gasteiger partial charge in [0.1, 0.15) is 13.2 Å². The summed E-state index contributed by atoms with van der Waals surface area (Å²) in [4.78, 5) is 23.9. The zero-order chi connectivity index (χ0) is 20.9. The molecule has 7 nitrogen and oxygen atoms in total. The third-order valence-electron chi connectivity index (χ3n) is 4.26. The van der Waals surface area contributed by atoms with E-state index in [1.807, 2.05) is 60.7 Å². The van der Waals surface area contributed by atoms with Crippen LogP contribution in [-0.2, 0) is 36.6 Å². The van der Waals surface area contributed by atoms with E-state index in [0.717, 1.165) is 11.1 Å². The van der Waals surface area contributed by atoms with Crippen LogP contribution in [0.5, 0.6) is 0 Å². The molecule has 0 amide bonds. The molecule has 0 spiro atoms. The Bertz CT molecular complexity index is 676. The van der Waals surface area contributed by atoms with Crippen molar-refractivity contribution in [3.05, 3.63) is 71.8 Å². The van der Waals surface area contributed by atoms with Crippen molar-refractivity contribution in [1.82, 2.24) is 0 Å². The van der Waals surface area contributed by atoms with Crippen LogP contribution in [0.2, 0.25) is 0 Å². The Kier molecular flexibility index (Phi) is 9.85. The number of quaternary nitrogens is 2. The summed E-state index contributed by atoms with van der Waals surface area (Å²) in [6, 6.07) is 18.4. The van der Waals surface area contributed by atoms with Gasteiger partial charge in [-0.15, -0.1) is 0 Å². The van der Waals surface area contributed by atoms with E-state index in [1.165, 1.54) is 0 Å². The van der Waals surface area contributed by atoms with E-state index < -0.39 is 12.1 Å². The van der Waals surface area contributed by atoms with Crippen molar-refractivity contribution in [1.29, 1.82) is 0 Å². The van der Waals surface area contributed by atoms with Crippen molar-refractivity contribution in [2.24, 2.45) is 0 Å². The van der Waals surface area contributed by atoms with Crippen molar-refractivity contribution in [3.63, 3.8) is 0 Å². The first-order valence-electron chi connectivity index (χ1n) is 9.71. The maximum atomic E-state index is 11.9. The molecule has 0 radical (unpaired) electrons. The summed E-state index contributed by atoms with van der Waals surface area (Å²) >= 11 is 0.